The highest BCUT2D eigenvalue weighted by Gasteiger charge is 2.28. The van der Waals surface area contributed by atoms with Crippen LogP contribution in [0.25, 0.3) is 0 Å². The van der Waals surface area contributed by atoms with Gasteiger partial charge in [-0.1, -0.05) is 29.8 Å². The van der Waals surface area contributed by atoms with Crippen molar-refractivity contribution in [1.82, 2.24) is 9.62 Å². The van der Waals surface area contributed by atoms with Crippen molar-refractivity contribution in [2.45, 2.75) is 44.6 Å². The van der Waals surface area contributed by atoms with Crippen molar-refractivity contribution in [3.05, 3.63) is 58.1 Å². The van der Waals surface area contributed by atoms with Gasteiger partial charge in [0.1, 0.15) is 0 Å². The zero-order chi connectivity index (χ0) is 22.8. The monoisotopic (exact) mass is 463 g/mol. The highest BCUT2D eigenvalue weighted by molar-refractivity contribution is 7.89. The number of piperidine rings is 1. The summed E-state index contributed by atoms with van der Waals surface area (Å²) in [6.07, 6.45) is 1.92. The number of nitrogens with zero attached hydrogens (tertiary/aromatic N) is 1. The smallest absolute Gasteiger partial charge is 0.255 e. The van der Waals surface area contributed by atoms with Gasteiger partial charge in [0.15, 0.2) is 0 Å². The Balaban J connectivity index is 1.77. The first-order valence-corrected chi connectivity index (χ1v) is 12.3. The minimum Gasteiger partial charge on any atom is -0.321 e. The molecule has 1 unspecified atom stereocenters. The number of sulfonamides is 1. The van der Waals surface area contributed by atoms with Crippen LogP contribution >= 0.6 is 11.6 Å². The molecule has 1 fully saturated rings. The number of carbonyl (C=O) groups is 1. The van der Waals surface area contributed by atoms with E-state index in [1.54, 1.807) is 25.1 Å². The number of aryl methyl sites for hydroxylation is 2. The SMILES string of the molecule is Cc1ccccc1C(=O)Nc1cc(C)c(S(=O)(=O)NC(C)C2CCN(C)CC2)cc1Cl. The van der Waals surface area contributed by atoms with Gasteiger partial charge in [-0.15, -0.1) is 0 Å². The Kier molecular flexibility index (Phi) is 7.42. The van der Waals surface area contributed by atoms with Crippen LogP contribution in [0.3, 0.4) is 0 Å². The number of benzene rings is 2. The van der Waals surface area contributed by atoms with E-state index in [-0.39, 0.29) is 21.9 Å². The molecule has 1 amide bonds. The molecule has 2 N–H and O–H groups in total. The Bertz CT molecular complexity index is 1060. The molecule has 6 nitrogen and oxygen atoms in total. The van der Waals surface area contributed by atoms with Crippen LogP contribution in [-0.2, 0) is 10.0 Å². The lowest BCUT2D eigenvalue weighted by molar-refractivity contribution is 0.102. The van der Waals surface area contributed by atoms with Crippen LogP contribution < -0.4 is 10.0 Å². The standard InChI is InChI=1S/C23H30ClN3O3S/c1-15-7-5-6-8-19(15)23(28)25-21-13-16(2)22(14-20(21)24)31(29,30)26-17(3)18-9-11-27(4)12-10-18/h5-8,13-14,17-18,26H,9-12H2,1-4H3,(H,25,28). The van der Waals surface area contributed by atoms with Crippen molar-refractivity contribution in [3.63, 3.8) is 0 Å². The molecule has 2 aromatic rings. The lowest BCUT2D eigenvalue weighted by atomic mass is 9.91. The lowest BCUT2D eigenvalue weighted by Gasteiger charge is -2.33. The van der Waals surface area contributed by atoms with Crippen molar-refractivity contribution >= 4 is 33.2 Å². The van der Waals surface area contributed by atoms with Gasteiger partial charge >= 0.3 is 0 Å². The van der Waals surface area contributed by atoms with E-state index in [0.29, 0.717) is 22.7 Å². The molecule has 1 aliphatic heterocycles. The fourth-order valence-corrected chi connectivity index (χ4v) is 5.84. The van der Waals surface area contributed by atoms with Gasteiger partial charge in [-0.2, -0.15) is 0 Å². The average molecular weight is 464 g/mol. The molecule has 1 heterocycles. The summed E-state index contributed by atoms with van der Waals surface area (Å²) in [5.74, 6) is 0.0125. The zero-order valence-corrected chi connectivity index (χ0v) is 20.0. The first-order chi connectivity index (χ1) is 14.6. The Morgan fingerprint density at radius 1 is 1.13 bits per heavy atom. The number of hydrogen-bond donors (Lipinski definition) is 2. The van der Waals surface area contributed by atoms with E-state index in [9.17, 15) is 13.2 Å². The summed E-state index contributed by atoms with van der Waals surface area (Å²) in [6, 6.07) is 10.1. The predicted molar refractivity (Wildman–Crippen MR) is 125 cm³/mol. The maximum absolute atomic E-state index is 13.1. The van der Waals surface area contributed by atoms with E-state index in [4.69, 9.17) is 11.6 Å². The molecule has 1 aliphatic rings. The van der Waals surface area contributed by atoms with Gasteiger partial charge in [0.25, 0.3) is 5.91 Å². The molecule has 31 heavy (non-hydrogen) atoms. The van der Waals surface area contributed by atoms with Crippen molar-refractivity contribution < 1.29 is 13.2 Å². The second-order valence-corrected chi connectivity index (χ2v) is 10.5. The van der Waals surface area contributed by atoms with Gasteiger partial charge in [-0.3, -0.25) is 4.79 Å². The minimum atomic E-state index is -3.74. The fourth-order valence-electron chi connectivity index (χ4n) is 4.00. The van der Waals surface area contributed by atoms with Crippen LogP contribution in [0.15, 0.2) is 41.3 Å². The molecule has 1 atom stereocenters. The number of rotatable bonds is 6. The van der Waals surface area contributed by atoms with Crippen molar-refractivity contribution in [2.75, 3.05) is 25.5 Å². The van der Waals surface area contributed by atoms with E-state index >= 15 is 0 Å². The van der Waals surface area contributed by atoms with Crippen molar-refractivity contribution in [3.8, 4) is 0 Å². The molecule has 0 spiro atoms. The molecule has 2 aromatic carbocycles. The third-order valence-electron chi connectivity index (χ3n) is 6.00. The summed E-state index contributed by atoms with van der Waals surface area (Å²) < 4.78 is 28.9. The number of anilines is 1. The largest absolute Gasteiger partial charge is 0.321 e. The topological polar surface area (TPSA) is 78.5 Å². The third-order valence-corrected chi connectivity index (χ3v) is 8.02. The van der Waals surface area contributed by atoms with Crippen LogP contribution in [0.4, 0.5) is 5.69 Å². The van der Waals surface area contributed by atoms with Crippen molar-refractivity contribution in [1.29, 1.82) is 0 Å². The summed E-state index contributed by atoms with van der Waals surface area (Å²) in [6.45, 7) is 7.41. The Morgan fingerprint density at radius 2 is 1.77 bits per heavy atom. The molecule has 0 aliphatic carbocycles. The summed E-state index contributed by atoms with van der Waals surface area (Å²) in [5.41, 5.74) is 2.29. The lowest BCUT2D eigenvalue weighted by Crippen LogP contribution is -2.43. The van der Waals surface area contributed by atoms with Gasteiger partial charge in [-0.25, -0.2) is 13.1 Å². The first-order valence-electron chi connectivity index (χ1n) is 10.5. The van der Waals surface area contributed by atoms with Gasteiger partial charge in [-0.05, 0) is 89.0 Å². The number of amides is 1. The van der Waals surface area contributed by atoms with Crippen LogP contribution in [0, 0.1) is 19.8 Å². The highest BCUT2D eigenvalue weighted by Crippen LogP contribution is 2.30. The fraction of sp³-hybridized carbons (Fsp3) is 0.435. The second kappa shape index (κ2) is 9.69. The van der Waals surface area contributed by atoms with Gasteiger partial charge in [0.2, 0.25) is 10.0 Å². The number of likely N-dealkylation sites (tertiary alicyclic amines) is 1. The zero-order valence-electron chi connectivity index (χ0n) is 18.4. The van der Waals surface area contributed by atoms with Crippen LogP contribution in [0.2, 0.25) is 5.02 Å². The van der Waals surface area contributed by atoms with E-state index in [1.165, 1.54) is 6.07 Å². The van der Waals surface area contributed by atoms with E-state index in [2.05, 4.69) is 22.0 Å². The average Bonchev–Trinajstić information content (AvgIpc) is 2.70. The van der Waals surface area contributed by atoms with Crippen LogP contribution in [0.5, 0.6) is 0 Å². The highest BCUT2D eigenvalue weighted by atomic mass is 35.5. The maximum Gasteiger partial charge on any atom is 0.255 e. The molecular formula is C23H30ClN3O3S. The van der Waals surface area contributed by atoms with E-state index in [0.717, 1.165) is 31.5 Å². The number of nitrogens with one attached hydrogen (secondary N) is 2. The molecular weight excluding hydrogens is 434 g/mol. The summed E-state index contributed by atoms with van der Waals surface area (Å²) in [5, 5.41) is 2.97. The molecule has 1 saturated heterocycles. The summed E-state index contributed by atoms with van der Waals surface area (Å²) in [7, 11) is -1.66. The molecule has 0 saturated carbocycles. The maximum atomic E-state index is 13.1. The van der Waals surface area contributed by atoms with Crippen molar-refractivity contribution in [2.24, 2.45) is 5.92 Å². The Morgan fingerprint density at radius 3 is 2.42 bits per heavy atom. The quantitative estimate of drug-likeness (QED) is 0.672. The number of carbonyl (C=O) groups excluding carboxylic acids is 1. The van der Waals surface area contributed by atoms with E-state index < -0.39 is 10.0 Å². The molecule has 168 valence electrons. The number of hydrogen-bond acceptors (Lipinski definition) is 4. The molecule has 0 aromatic heterocycles. The van der Waals surface area contributed by atoms with Crippen LogP contribution in [0.1, 0.15) is 41.3 Å². The van der Waals surface area contributed by atoms with Gasteiger partial charge in [0, 0.05) is 11.6 Å². The molecule has 3 rings (SSSR count). The Hall–Kier alpha value is -1.93. The summed E-state index contributed by atoms with van der Waals surface area (Å²) in [4.78, 5) is 15.0. The Labute approximate surface area is 190 Å². The molecule has 0 radical (unpaired) electrons. The van der Waals surface area contributed by atoms with Crippen LogP contribution in [-0.4, -0.2) is 45.4 Å². The molecule has 8 heteroatoms. The summed E-state index contributed by atoms with van der Waals surface area (Å²) >= 11 is 6.37. The number of halogens is 1. The van der Waals surface area contributed by atoms with Gasteiger partial charge < -0.3 is 10.2 Å². The second-order valence-electron chi connectivity index (χ2n) is 8.42. The van der Waals surface area contributed by atoms with E-state index in [1.807, 2.05) is 26.0 Å². The minimum absolute atomic E-state index is 0.131. The predicted octanol–water partition coefficient (Wildman–Crippen LogP) is 4.22. The third kappa shape index (κ3) is 5.66. The molecule has 0 bridgehead atoms. The van der Waals surface area contributed by atoms with Gasteiger partial charge in [0.05, 0.1) is 15.6 Å². The first kappa shape index (κ1) is 23.7. The normalized spacial score (nSPS) is 16.8.